The van der Waals surface area contributed by atoms with Gasteiger partial charge in [-0.05, 0) is 29.7 Å². The summed E-state index contributed by atoms with van der Waals surface area (Å²) < 4.78 is 0. The Labute approximate surface area is 109 Å². The van der Waals surface area contributed by atoms with Gasteiger partial charge in [-0.1, -0.05) is 61.5 Å². The van der Waals surface area contributed by atoms with Gasteiger partial charge in [0.1, 0.15) is 0 Å². The first-order valence-electron chi connectivity index (χ1n) is 6.65. The van der Waals surface area contributed by atoms with Gasteiger partial charge in [0, 0.05) is 12.0 Å². The lowest BCUT2D eigenvalue weighted by Gasteiger charge is -2.23. The second-order valence-electron chi connectivity index (χ2n) is 5.43. The number of nitrogens with one attached hydrogen (secondary N) is 1. The maximum absolute atomic E-state index is 3.46. The van der Waals surface area contributed by atoms with Gasteiger partial charge in [0.2, 0.25) is 0 Å². The molecule has 0 radical (unpaired) electrons. The second kappa shape index (κ2) is 4.58. The molecule has 1 saturated heterocycles. The summed E-state index contributed by atoms with van der Waals surface area (Å²) in [6.07, 6.45) is 1.23. The summed E-state index contributed by atoms with van der Waals surface area (Å²) in [4.78, 5) is 0. The second-order valence-corrected chi connectivity index (χ2v) is 5.43. The third kappa shape index (κ3) is 2.06. The predicted octanol–water partition coefficient (Wildman–Crippen LogP) is 3.60. The fourth-order valence-electron chi connectivity index (χ4n) is 2.76. The minimum absolute atomic E-state index is 0.315. The van der Waals surface area contributed by atoms with Crippen LogP contribution >= 0.6 is 0 Å². The van der Waals surface area contributed by atoms with E-state index in [0.29, 0.717) is 5.41 Å². The van der Waals surface area contributed by atoms with Gasteiger partial charge in [-0.15, -0.1) is 0 Å². The largest absolute Gasteiger partial charge is 0.316 e. The van der Waals surface area contributed by atoms with Crippen LogP contribution in [0.4, 0.5) is 0 Å². The highest BCUT2D eigenvalue weighted by molar-refractivity contribution is 5.63. The van der Waals surface area contributed by atoms with Crippen molar-refractivity contribution < 1.29 is 0 Å². The van der Waals surface area contributed by atoms with Crippen LogP contribution in [0, 0.1) is 0 Å². The molecule has 1 unspecified atom stereocenters. The summed E-state index contributed by atoms with van der Waals surface area (Å²) >= 11 is 0. The summed E-state index contributed by atoms with van der Waals surface area (Å²) in [5.74, 6) is 0. The lowest BCUT2D eigenvalue weighted by atomic mass is 9.81. The lowest BCUT2D eigenvalue weighted by Crippen LogP contribution is -2.24. The molecule has 2 aromatic rings. The molecule has 0 saturated carbocycles. The van der Waals surface area contributed by atoms with Crippen molar-refractivity contribution in [1.29, 1.82) is 0 Å². The minimum atomic E-state index is 0.315. The molecule has 1 aliphatic rings. The highest BCUT2D eigenvalue weighted by Gasteiger charge is 2.30. The molecule has 18 heavy (non-hydrogen) atoms. The van der Waals surface area contributed by atoms with Crippen molar-refractivity contribution in [3.8, 4) is 11.1 Å². The van der Waals surface area contributed by atoms with Crippen LogP contribution in [0.2, 0.25) is 0 Å². The van der Waals surface area contributed by atoms with E-state index in [1.54, 1.807) is 0 Å². The zero-order valence-electron chi connectivity index (χ0n) is 10.8. The molecule has 1 nitrogen and oxygen atoms in total. The minimum Gasteiger partial charge on any atom is -0.316 e. The van der Waals surface area contributed by atoms with Crippen molar-refractivity contribution in [2.75, 3.05) is 13.1 Å². The highest BCUT2D eigenvalue weighted by atomic mass is 14.9. The van der Waals surface area contributed by atoms with Crippen molar-refractivity contribution in [3.63, 3.8) is 0 Å². The first-order valence-corrected chi connectivity index (χ1v) is 6.65. The molecular weight excluding hydrogens is 218 g/mol. The topological polar surface area (TPSA) is 12.0 Å². The fourth-order valence-corrected chi connectivity index (χ4v) is 2.76. The maximum atomic E-state index is 3.46. The molecule has 0 bridgehead atoms. The molecule has 1 fully saturated rings. The van der Waals surface area contributed by atoms with Crippen molar-refractivity contribution >= 4 is 0 Å². The van der Waals surface area contributed by atoms with Gasteiger partial charge in [0.15, 0.2) is 0 Å². The van der Waals surface area contributed by atoms with E-state index in [2.05, 4.69) is 66.8 Å². The van der Waals surface area contributed by atoms with Gasteiger partial charge >= 0.3 is 0 Å². The standard InChI is InChI=1S/C17H19N/c1-17(11-12-18-13-17)16-9-7-15(8-10-16)14-5-3-2-4-6-14/h2-10,18H,11-13H2,1H3. The van der Waals surface area contributed by atoms with Gasteiger partial charge in [0.25, 0.3) is 0 Å². The van der Waals surface area contributed by atoms with Crippen molar-refractivity contribution in [3.05, 3.63) is 60.2 Å². The molecule has 1 heteroatoms. The van der Waals surface area contributed by atoms with E-state index < -0.39 is 0 Å². The quantitative estimate of drug-likeness (QED) is 0.841. The molecule has 1 atom stereocenters. The number of benzene rings is 2. The van der Waals surface area contributed by atoms with Gasteiger partial charge in [-0.25, -0.2) is 0 Å². The number of hydrogen-bond acceptors (Lipinski definition) is 1. The Hall–Kier alpha value is -1.60. The number of hydrogen-bond donors (Lipinski definition) is 1. The molecule has 0 spiro atoms. The van der Waals surface area contributed by atoms with Gasteiger partial charge in [0.05, 0.1) is 0 Å². The molecular formula is C17H19N. The Morgan fingerprint density at radius 1 is 0.889 bits per heavy atom. The van der Waals surface area contributed by atoms with Gasteiger partial charge in [-0.2, -0.15) is 0 Å². The van der Waals surface area contributed by atoms with Crippen LogP contribution in [0.5, 0.6) is 0 Å². The summed E-state index contributed by atoms with van der Waals surface area (Å²) in [6.45, 7) is 4.58. The van der Waals surface area contributed by atoms with Crippen LogP contribution in [0.1, 0.15) is 18.9 Å². The zero-order valence-corrected chi connectivity index (χ0v) is 10.8. The Bertz CT molecular complexity index is 507. The van der Waals surface area contributed by atoms with Crippen LogP contribution in [-0.4, -0.2) is 13.1 Å². The highest BCUT2D eigenvalue weighted by Crippen LogP contribution is 2.31. The Kier molecular flexibility index (Phi) is 2.92. The van der Waals surface area contributed by atoms with Crippen molar-refractivity contribution in [1.82, 2.24) is 5.32 Å². The van der Waals surface area contributed by atoms with E-state index in [1.807, 2.05) is 0 Å². The molecule has 1 heterocycles. The number of rotatable bonds is 2. The Morgan fingerprint density at radius 3 is 2.17 bits per heavy atom. The Balaban J connectivity index is 1.90. The Morgan fingerprint density at radius 2 is 1.56 bits per heavy atom. The van der Waals surface area contributed by atoms with Gasteiger partial charge in [-0.3, -0.25) is 0 Å². The van der Waals surface area contributed by atoms with E-state index in [4.69, 9.17) is 0 Å². The third-order valence-electron chi connectivity index (χ3n) is 4.06. The zero-order chi connectivity index (χ0) is 12.4. The third-order valence-corrected chi connectivity index (χ3v) is 4.06. The maximum Gasteiger partial charge on any atom is 0.00615 e. The van der Waals surface area contributed by atoms with E-state index >= 15 is 0 Å². The van der Waals surface area contributed by atoms with Crippen molar-refractivity contribution in [2.24, 2.45) is 0 Å². The molecule has 3 rings (SSSR count). The summed E-state index contributed by atoms with van der Waals surface area (Å²) in [6, 6.07) is 19.6. The average Bonchev–Trinajstić information content (AvgIpc) is 2.88. The molecule has 0 aromatic heterocycles. The van der Waals surface area contributed by atoms with Crippen LogP contribution in [0.25, 0.3) is 11.1 Å². The van der Waals surface area contributed by atoms with Crippen LogP contribution in [-0.2, 0) is 5.41 Å². The molecule has 0 amide bonds. The molecule has 1 aliphatic heterocycles. The normalized spacial score (nSPS) is 23.2. The molecule has 0 aliphatic carbocycles. The monoisotopic (exact) mass is 237 g/mol. The van der Waals surface area contributed by atoms with Crippen molar-refractivity contribution in [2.45, 2.75) is 18.8 Å². The lowest BCUT2D eigenvalue weighted by molar-refractivity contribution is 0.525. The van der Waals surface area contributed by atoms with Gasteiger partial charge < -0.3 is 5.32 Å². The van der Waals surface area contributed by atoms with Crippen LogP contribution in [0.15, 0.2) is 54.6 Å². The van der Waals surface area contributed by atoms with Crippen LogP contribution in [0.3, 0.4) is 0 Å². The molecule has 1 N–H and O–H groups in total. The summed E-state index contributed by atoms with van der Waals surface area (Å²) in [7, 11) is 0. The summed E-state index contributed by atoms with van der Waals surface area (Å²) in [5.41, 5.74) is 4.36. The smallest absolute Gasteiger partial charge is 0.00615 e. The first-order chi connectivity index (χ1) is 8.78. The molecule has 92 valence electrons. The van der Waals surface area contributed by atoms with E-state index in [0.717, 1.165) is 13.1 Å². The SMILES string of the molecule is CC1(c2ccc(-c3ccccc3)cc2)CCNC1. The van der Waals surface area contributed by atoms with E-state index in [1.165, 1.54) is 23.1 Å². The summed E-state index contributed by atoms with van der Waals surface area (Å²) in [5, 5.41) is 3.46. The van der Waals surface area contributed by atoms with E-state index in [-0.39, 0.29) is 0 Å². The fraction of sp³-hybridized carbons (Fsp3) is 0.294. The van der Waals surface area contributed by atoms with Crippen LogP contribution < -0.4 is 5.32 Å². The molecule has 2 aromatic carbocycles. The predicted molar refractivity (Wildman–Crippen MR) is 76.7 cm³/mol. The van der Waals surface area contributed by atoms with E-state index in [9.17, 15) is 0 Å². The first kappa shape index (κ1) is 11.5. The average molecular weight is 237 g/mol.